The predicted octanol–water partition coefficient (Wildman–Crippen LogP) is 4.23. The molecule has 0 aliphatic rings. The van der Waals surface area contributed by atoms with Crippen molar-refractivity contribution < 1.29 is 4.74 Å². The van der Waals surface area contributed by atoms with Crippen LogP contribution in [0, 0.1) is 0 Å². The fraction of sp³-hybridized carbons (Fsp3) is 0.357. The van der Waals surface area contributed by atoms with Crippen LogP contribution in [-0.4, -0.2) is 12.3 Å². The van der Waals surface area contributed by atoms with Crippen molar-refractivity contribution >= 4 is 18.5 Å². The highest BCUT2D eigenvalue weighted by molar-refractivity contribution is 5.67. The van der Waals surface area contributed by atoms with E-state index in [-0.39, 0.29) is 5.60 Å². The fourth-order valence-corrected chi connectivity index (χ4v) is 1.40. The summed E-state index contributed by atoms with van der Waals surface area (Å²) in [7, 11) is 0. The Hall–Kier alpha value is -1.57. The maximum Gasteiger partial charge on any atom is 0.122 e. The maximum atomic E-state index is 5.77. The molecule has 2 heteroatoms. The lowest BCUT2D eigenvalue weighted by atomic mass is 10.1. The van der Waals surface area contributed by atoms with Crippen LogP contribution in [0.2, 0.25) is 0 Å². The molecule has 0 saturated heterocycles. The van der Waals surface area contributed by atoms with Crippen molar-refractivity contribution in [1.29, 1.82) is 0 Å². The third-order valence-electron chi connectivity index (χ3n) is 1.94. The van der Waals surface area contributed by atoms with Crippen LogP contribution in [0.4, 0.5) is 5.69 Å². The summed E-state index contributed by atoms with van der Waals surface area (Å²) in [5.74, 6) is 0.822. The van der Waals surface area contributed by atoms with Crippen molar-refractivity contribution in [2.24, 2.45) is 4.99 Å². The first-order chi connectivity index (χ1) is 7.46. The highest BCUT2D eigenvalue weighted by Gasteiger charge is 2.12. The van der Waals surface area contributed by atoms with Gasteiger partial charge in [-0.3, -0.25) is 4.99 Å². The lowest BCUT2D eigenvalue weighted by molar-refractivity contribution is 0.131. The summed E-state index contributed by atoms with van der Waals surface area (Å²) in [4.78, 5) is 4.00. The van der Waals surface area contributed by atoms with Gasteiger partial charge in [0.15, 0.2) is 0 Å². The second-order valence-corrected chi connectivity index (χ2v) is 4.59. The molecule has 1 aromatic carbocycles. The Labute approximate surface area is 97.7 Å². The molecule has 1 rings (SSSR count). The number of ether oxygens (including phenoxy) is 1. The molecule has 0 unspecified atom stereocenters. The molecular formula is C14H19NO. The van der Waals surface area contributed by atoms with E-state index in [1.807, 2.05) is 58.0 Å². The predicted molar refractivity (Wildman–Crippen MR) is 70.7 cm³/mol. The van der Waals surface area contributed by atoms with Crippen LogP contribution in [0.1, 0.15) is 33.3 Å². The molecule has 0 fully saturated rings. The minimum absolute atomic E-state index is 0.194. The topological polar surface area (TPSA) is 21.6 Å². The van der Waals surface area contributed by atoms with E-state index in [1.165, 1.54) is 0 Å². The summed E-state index contributed by atoms with van der Waals surface area (Å²) in [5.41, 5.74) is 1.71. The quantitative estimate of drug-likeness (QED) is 0.694. The molecule has 0 bridgehead atoms. The van der Waals surface area contributed by atoms with Crippen LogP contribution in [0.3, 0.4) is 0 Å². The number of nitrogens with zero attached hydrogens (tertiary/aromatic N) is 1. The molecule has 0 aliphatic heterocycles. The Morgan fingerprint density at radius 3 is 2.50 bits per heavy atom. The summed E-state index contributed by atoms with van der Waals surface area (Å²) >= 11 is 0. The lowest BCUT2D eigenvalue weighted by Crippen LogP contribution is -2.22. The van der Waals surface area contributed by atoms with Crippen molar-refractivity contribution in [3.8, 4) is 5.75 Å². The van der Waals surface area contributed by atoms with Crippen LogP contribution in [0.25, 0.3) is 6.08 Å². The van der Waals surface area contributed by atoms with Gasteiger partial charge in [0.1, 0.15) is 11.4 Å². The number of allylic oxidation sites excluding steroid dienone is 1. The zero-order valence-electron chi connectivity index (χ0n) is 10.4. The summed E-state index contributed by atoms with van der Waals surface area (Å²) < 4.78 is 5.77. The molecule has 86 valence electrons. The van der Waals surface area contributed by atoms with Gasteiger partial charge in [-0.15, -0.1) is 0 Å². The van der Waals surface area contributed by atoms with Crippen LogP contribution in [0.15, 0.2) is 29.3 Å². The van der Waals surface area contributed by atoms with E-state index < -0.39 is 0 Å². The third-order valence-corrected chi connectivity index (χ3v) is 1.94. The molecule has 0 heterocycles. The van der Waals surface area contributed by atoms with Crippen LogP contribution in [-0.2, 0) is 0 Å². The second kappa shape index (κ2) is 4.97. The molecule has 0 N–H and O–H groups in total. The van der Waals surface area contributed by atoms with Crippen molar-refractivity contribution in [3.05, 3.63) is 29.8 Å². The Morgan fingerprint density at radius 2 is 2.00 bits per heavy atom. The van der Waals surface area contributed by atoms with E-state index in [4.69, 9.17) is 4.74 Å². The summed E-state index contributed by atoms with van der Waals surface area (Å²) in [6.45, 7) is 11.6. The molecule has 0 radical (unpaired) electrons. The zero-order chi connectivity index (χ0) is 12.2. The van der Waals surface area contributed by atoms with Gasteiger partial charge in [0.2, 0.25) is 0 Å². The van der Waals surface area contributed by atoms with E-state index >= 15 is 0 Å². The van der Waals surface area contributed by atoms with Crippen LogP contribution in [0.5, 0.6) is 5.75 Å². The van der Waals surface area contributed by atoms with Gasteiger partial charge in [0.25, 0.3) is 0 Å². The van der Waals surface area contributed by atoms with E-state index in [2.05, 4.69) is 11.7 Å². The first kappa shape index (κ1) is 12.5. The highest BCUT2D eigenvalue weighted by Crippen LogP contribution is 2.28. The summed E-state index contributed by atoms with van der Waals surface area (Å²) in [6, 6.07) is 5.86. The first-order valence-electron chi connectivity index (χ1n) is 5.39. The molecule has 1 aromatic rings. The Morgan fingerprint density at radius 1 is 1.31 bits per heavy atom. The Bertz CT molecular complexity index is 400. The minimum Gasteiger partial charge on any atom is -0.488 e. The fourth-order valence-electron chi connectivity index (χ4n) is 1.40. The zero-order valence-corrected chi connectivity index (χ0v) is 10.4. The molecular weight excluding hydrogens is 198 g/mol. The molecule has 0 spiro atoms. The SMILES string of the molecule is C=Nc1cc(OC(C)(C)C)ccc1/C=C\C. The standard InChI is InChI=1S/C14H19NO/c1-6-7-11-8-9-12(10-13(11)15-5)16-14(2,3)4/h6-10H,5H2,1-4H3/b7-6-. The minimum atomic E-state index is -0.194. The van der Waals surface area contributed by atoms with Crippen LogP contribution < -0.4 is 4.74 Å². The van der Waals surface area contributed by atoms with E-state index in [1.54, 1.807) is 0 Å². The van der Waals surface area contributed by atoms with E-state index in [0.29, 0.717) is 0 Å². The molecule has 0 aliphatic carbocycles. The van der Waals surface area contributed by atoms with Gasteiger partial charge in [-0.2, -0.15) is 0 Å². The molecule has 0 saturated carbocycles. The largest absolute Gasteiger partial charge is 0.488 e. The molecule has 0 amide bonds. The van der Waals surface area contributed by atoms with Gasteiger partial charge in [-0.05, 0) is 46.5 Å². The molecule has 0 aromatic heterocycles. The molecule has 2 nitrogen and oxygen atoms in total. The van der Waals surface area contributed by atoms with E-state index in [9.17, 15) is 0 Å². The Balaban J connectivity index is 3.04. The number of aliphatic imine (C=N–C) groups is 1. The summed E-state index contributed by atoms with van der Waals surface area (Å²) in [5, 5.41) is 0. The monoisotopic (exact) mass is 217 g/mol. The molecule has 0 atom stereocenters. The summed E-state index contributed by atoms with van der Waals surface area (Å²) in [6.07, 6.45) is 3.99. The number of hydrogen-bond donors (Lipinski definition) is 0. The lowest BCUT2D eigenvalue weighted by Gasteiger charge is -2.21. The van der Waals surface area contributed by atoms with Crippen molar-refractivity contribution in [3.63, 3.8) is 0 Å². The smallest absolute Gasteiger partial charge is 0.122 e. The average Bonchev–Trinajstić information content (AvgIpc) is 2.18. The highest BCUT2D eigenvalue weighted by atomic mass is 16.5. The third kappa shape index (κ3) is 3.54. The number of hydrogen-bond acceptors (Lipinski definition) is 2. The van der Waals surface area contributed by atoms with Gasteiger partial charge >= 0.3 is 0 Å². The average molecular weight is 217 g/mol. The number of rotatable bonds is 3. The van der Waals surface area contributed by atoms with Gasteiger partial charge in [0, 0.05) is 11.6 Å². The maximum absolute atomic E-state index is 5.77. The number of benzene rings is 1. The molecule has 16 heavy (non-hydrogen) atoms. The Kier molecular flexibility index (Phi) is 3.88. The van der Waals surface area contributed by atoms with Crippen molar-refractivity contribution in [2.75, 3.05) is 0 Å². The second-order valence-electron chi connectivity index (χ2n) is 4.59. The van der Waals surface area contributed by atoms with Gasteiger partial charge < -0.3 is 4.74 Å². The van der Waals surface area contributed by atoms with Crippen molar-refractivity contribution in [1.82, 2.24) is 0 Å². The normalized spacial score (nSPS) is 11.8. The van der Waals surface area contributed by atoms with Crippen LogP contribution >= 0.6 is 0 Å². The first-order valence-corrected chi connectivity index (χ1v) is 5.39. The van der Waals surface area contributed by atoms with Gasteiger partial charge in [-0.25, -0.2) is 0 Å². The van der Waals surface area contributed by atoms with Gasteiger partial charge in [-0.1, -0.05) is 12.2 Å². The van der Waals surface area contributed by atoms with E-state index in [0.717, 1.165) is 17.0 Å². The van der Waals surface area contributed by atoms with Gasteiger partial charge in [0.05, 0.1) is 5.69 Å². The van der Waals surface area contributed by atoms with Crippen molar-refractivity contribution in [2.45, 2.75) is 33.3 Å².